The molecule has 0 spiro atoms. The fraction of sp³-hybridized carbons (Fsp3) is 0.543. The number of benzene rings is 2. The van der Waals surface area contributed by atoms with E-state index < -0.39 is 0 Å². The molecule has 3 aliphatic rings. The van der Waals surface area contributed by atoms with Gasteiger partial charge in [-0.25, -0.2) is 0 Å². The predicted molar refractivity (Wildman–Crippen MR) is 241 cm³/mol. The van der Waals surface area contributed by atoms with Crippen molar-refractivity contribution in [1.29, 1.82) is 0 Å². The van der Waals surface area contributed by atoms with Crippen LogP contribution in [0.2, 0.25) is 0 Å². The zero-order chi connectivity index (χ0) is 43.3. The molecule has 0 saturated carbocycles. The number of para-hydroxylation sites is 2. The summed E-state index contributed by atoms with van der Waals surface area (Å²) < 4.78 is 36.4. The fourth-order valence-corrected chi connectivity index (χ4v) is 8.34. The van der Waals surface area contributed by atoms with E-state index in [0.29, 0.717) is 105 Å². The minimum atomic E-state index is -0.201. The van der Waals surface area contributed by atoms with Crippen LogP contribution in [0.4, 0.5) is 11.4 Å². The lowest BCUT2D eigenvalue weighted by atomic mass is 9.81. The van der Waals surface area contributed by atoms with Crippen LogP contribution in [-0.4, -0.2) is 116 Å². The summed E-state index contributed by atoms with van der Waals surface area (Å²) >= 11 is 7.28. The molecule has 2 aliphatic heterocycles. The third-order valence-electron chi connectivity index (χ3n) is 11.1. The van der Waals surface area contributed by atoms with Gasteiger partial charge in [0.25, 0.3) is 0 Å². The van der Waals surface area contributed by atoms with Crippen LogP contribution in [0.15, 0.2) is 105 Å². The van der Waals surface area contributed by atoms with Crippen LogP contribution in [0.1, 0.15) is 58.1 Å². The minimum absolute atomic E-state index is 0.201. The zero-order valence-electron chi connectivity index (χ0n) is 36.3. The largest absolute Gasteiger partial charge is 0.379 e. The normalized spacial score (nSPS) is 18.0. The second kappa shape index (κ2) is 24.8. The van der Waals surface area contributed by atoms with Gasteiger partial charge in [0, 0.05) is 69.0 Å². The van der Waals surface area contributed by atoms with E-state index in [9.17, 15) is 0 Å². The average molecular weight is 859 g/mol. The van der Waals surface area contributed by atoms with Gasteiger partial charge < -0.3 is 33.3 Å². The summed E-state index contributed by atoms with van der Waals surface area (Å²) in [4.78, 5) is 7.81. The molecule has 0 unspecified atom stereocenters. The molecule has 15 heteroatoms. The zero-order valence-corrected chi connectivity index (χ0v) is 37.0. The fourth-order valence-electron chi connectivity index (χ4n) is 8.03. The molecule has 1 aliphatic carbocycles. The van der Waals surface area contributed by atoms with E-state index in [2.05, 4.69) is 130 Å². The second-order valence-electron chi connectivity index (χ2n) is 15.8. The first-order chi connectivity index (χ1) is 29.7. The Morgan fingerprint density at radius 3 is 1.87 bits per heavy atom. The van der Waals surface area contributed by atoms with Crippen LogP contribution in [0, 0.1) is 0 Å². The molecule has 61 heavy (non-hydrogen) atoms. The number of hydrogen-bond acceptors (Lipinski definition) is 9. The molecule has 2 aromatic carbocycles. The van der Waals surface area contributed by atoms with Gasteiger partial charge in [-0.2, -0.15) is 4.58 Å². The molecule has 328 valence electrons. The quantitative estimate of drug-likeness (QED) is 0.0284. The SMILES string of the molecule is CC1(C)C(C=CC2=C(Cl)/C(=C/C=C3/N(CCOCCOCCOCCN=[N+]=[N-])c4ccccc4C3(C)C)CCC2)=[N+](CCOCCOCCOCCN=[N+]=[N-])c2ccccc21. The molecule has 2 heterocycles. The third kappa shape index (κ3) is 13.3. The van der Waals surface area contributed by atoms with Crippen molar-refractivity contribution in [1.82, 2.24) is 0 Å². The Morgan fingerprint density at radius 2 is 1.23 bits per heavy atom. The predicted octanol–water partition coefficient (Wildman–Crippen LogP) is 9.62. The van der Waals surface area contributed by atoms with Crippen LogP contribution in [0.5, 0.6) is 0 Å². The van der Waals surface area contributed by atoms with Crippen molar-refractivity contribution in [3.05, 3.63) is 127 Å². The van der Waals surface area contributed by atoms with E-state index in [0.717, 1.165) is 35.4 Å². The maximum absolute atomic E-state index is 8.34. The molecule has 0 fully saturated rings. The first-order valence-electron chi connectivity index (χ1n) is 21.3. The first kappa shape index (κ1) is 47.6. The summed E-state index contributed by atoms with van der Waals surface area (Å²) in [5.74, 6) is 0. The summed E-state index contributed by atoms with van der Waals surface area (Å²) in [7, 11) is 0. The van der Waals surface area contributed by atoms with Crippen LogP contribution >= 0.6 is 11.6 Å². The van der Waals surface area contributed by atoms with Crippen LogP contribution in [-0.2, 0) is 39.3 Å². The van der Waals surface area contributed by atoms with Crippen molar-refractivity contribution >= 4 is 28.7 Å². The highest BCUT2D eigenvalue weighted by Gasteiger charge is 2.44. The molecule has 0 saturated heterocycles. The van der Waals surface area contributed by atoms with E-state index in [1.807, 2.05) is 0 Å². The van der Waals surface area contributed by atoms with Gasteiger partial charge in [-0.05, 0) is 73.0 Å². The molecule has 0 bridgehead atoms. The highest BCUT2D eigenvalue weighted by atomic mass is 35.5. The smallest absolute Gasteiger partial charge is 0.209 e. The molecule has 0 aromatic heterocycles. The number of rotatable bonds is 27. The number of azide groups is 2. The molecular weight excluding hydrogens is 796 g/mol. The van der Waals surface area contributed by atoms with Gasteiger partial charge in [0.05, 0.1) is 78.1 Å². The minimum Gasteiger partial charge on any atom is -0.379 e. The number of hydrogen-bond donors (Lipinski definition) is 0. The Bertz CT molecular complexity index is 2020. The van der Waals surface area contributed by atoms with Crippen LogP contribution < -0.4 is 4.90 Å². The maximum Gasteiger partial charge on any atom is 0.209 e. The second-order valence-corrected chi connectivity index (χ2v) is 16.2. The molecule has 0 amide bonds. The standard InChI is InChI=1S/C46H62ClN8O6/c1-45(2)38-12-5-7-14-40(38)54(22-26-58-30-34-60-32-28-56-24-20-50-52-48)42(45)18-16-36-10-9-11-37(44(36)47)17-19-43-46(3,4)39-13-6-8-15-41(39)55(43)23-27-59-31-35-61-33-29-57-25-21-51-53-49/h5-8,12-19H,9-11,20-35H2,1-4H3/q+1. The van der Waals surface area contributed by atoms with Crippen molar-refractivity contribution in [2.75, 3.05) is 110 Å². The van der Waals surface area contributed by atoms with Crippen LogP contribution in [0.25, 0.3) is 20.9 Å². The van der Waals surface area contributed by atoms with Crippen molar-refractivity contribution in [2.45, 2.75) is 57.8 Å². The van der Waals surface area contributed by atoms with Gasteiger partial charge in [0.1, 0.15) is 6.61 Å². The number of anilines is 1. The Balaban J connectivity index is 1.22. The van der Waals surface area contributed by atoms with E-state index >= 15 is 0 Å². The molecule has 2 aromatic rings. The van der Waals surface area contributed by atoms with Gasteiger partial charge in [-0.1, -0.05) is 84.2 Å². The molecular formula is C46H62ClN8O6+. The summed E-state index contributed by atoms with van der Waals surface area (Å²) in [6.45, 7) is 16.8. The summed E-state index contributed by atoms with van der Waals surface area (Å²) in [5.41, 5.74) is 26.0. The van der Waals surface area contributed by atoms with Crippen molar-refractivity contribution in [3.8, 4) is 0 Å². The Kier molecular flexibility index (Phi) is 19.4. The van der Waals surface area contributed by atoms with Gasteiger partial charge in [0.15, 0.2) is 12.3 Å². The van der Waals surface area contributed by atoms with Crippen molar-refractivity contribution < 1.29 is 33.0 Å². The molecule has 0 atom stereocenters. The topological polar surface area (TPSA) is 159 Å². The van der Waals surface area contributed by atoms with Crippen molar-refractivity contribution in [3.63, 3.8) is 0 Å². The van der Waals surface area contributed by atoms with E-state index in [4.69, 9.17) is 51.1 Å². The monoisotopic (exact) mass is 857 g/mol. The molecule has 14 nitrogen and oxygen atoms in total. The van der Waals surface area contributed by atoms with Gasteiger partial charge in [-0.3, -0.25) is 0 Å². The third-order valence-corrected chi connectivity index (χ3v) is 11.6. The lowest BCUT2D eigenvalue weighted by Gasteiger charge is -2.27. The number of halogens is 1. The lowest BCUT2D eigenvalue weighted by molar-refractivity contribution is -0.442. The number of fused-ring (bicyclic) bond motifs is 2. The molecule has 0 radical (unpaired) electrons. The Labute approximate surface area is 365 Å². The Hall–Kier alpha value is -4.46. The van der Waals surface area contributed by atoms with Crippen molar-refractivity contribution in [2.24, 2.45) is 10.2 Å². The van der Waals surface area contributed by atoms with E-state index in [1.54, 1.807) is 0 Å². The number of ether oxygens (including phenoxy) is 6. The summed E-state index contributed by atoms with van der Waals surface area (Å²) in [6.07, 6.45) is 11.8. The lowest BCUT2D eigenvalue weighted by Crippen LogP contribution is -2.29. The average Bonchev–Trinajstić information content (AvgIpc) is 3.61. The van der Waals surface area contributed by atoms with Gasteiger partial charge in [0.2, 0.25) is 5.69 Å². The highest BCUT2D eigenvalue weighted by Crippen LogP contribution is 2.48. The van der Waals surface area contributed by atoms with Crippen LogP contribution in [0.3, 0.4) is 0 Å². The molecule has 0 N–H and O–H groups in total. The summed E-state index contributed by atoms with van der Waals surface area (Å²) in [5, 5.41) is 7.73. The number of allylic oxidation sites excluding steroid dienone is 8. The maximum atomic E-state index is 8.34. The van der Waals surface area contributed by atoms with E-state index in [-0.39, 0.29) is 10.8 Å². The van der Waals surface area contributed by atoms with Gasteiger partial charge >= 0.3 is 0 Å². The highest BCUT2D eigenvalue weighted by molar-refractivity contribution is 6.32. The molecule has 5 rings (SSSR count). The van der Waals surface area contributed by atoms with Gasteiger partial charge in [-0.15, -0.1) is 0 Å². The first-order valence-corrected chi connectivity index (χ1v) is 21.7. The summed E-state index contributed by atoms with van der Waals surface area (Å²) in [6, 6.07) is 17.2. The number of nitrogens with zero attached hydrogens (tertiary/aromatic N) is 8. The van der Waals surface area contributed by atoms with E-state index in [1.165, 1.54) is 33.9 Å². The Morgan fingerprint density at radius 1 is 0.672 bits per heavy atom.